The van der Waals surface area contributed by atoms with Crippen LogP contribution in [0.2, 0.25) is 0 Å². The third-order valence-electron chi connectivity index (χ3n) is 3.39. The first-order valence-electron chi connectivity index (χ1n) is 7.32. The Labute approximate surface area is 148 Å². The molecule has 2 aromatic carbocycles. The molecule has 1 heterocycles. The topological polar surface area (TPSA) is 38.3 Å². The number of rotatable bonds is 5. The Morgan fingerprint density at radius 2 is 1.83 bits per heavy atom. The molecule has 1 N–H and O–H groups in total. The Bertz CT molecular complexity index is 786. The number of carbonyl (C=O) groups excluding carboxylic acids is 1. The summed E-state index contributed by atoms with van der Waals surface area (Å²) in [5.74, 6) is 0.349. The molecule has 1 saturated heterocycles. The highest BCUT2D eigenvalue weighted by Gasteiger charge is 2.21. The lowest BCUT2D eigenvalue weighted by molar-refractivity contribution is -0.115. The molecule has 0 atom stereocenters. The molecule has 0 bridgehead atoms. The molecule has 122 valence electrons. The van der Waals surface area contributed by atoms with Gasteiger partial charge in [0.15, 0.2) is 0 Å². The minimum absolute atomic E-state index is 0.162. The number of benzene rings is 2. The second-order valence-corrected chi connectivity index (χ2v) is 6.87. The first kappa shape index (κ1) is 16.7. The number of thioether (sulfide) groups is 1. The van der Waals surface area contributed by atoms with Crippen molar-refractivity contribution in [3.63, 3.8) is 0 Å². The Kier molecular flexibility index (Phi) is 5.27. The van der Waals surface area contributed by atoms with Crippen LogP contribution in [-0.2, 0) is 11.2 Å². The summed E-state index contributed by atoms with van der Waals surface area (Å²) in [5.41, 5.74) is 1.93. The van der Waals surface area contributed by atoms with Gasteiger partial charge >= 0.3 is 0 Å². The van der Waals surface area contributed by atoms with Gasteiger partial charge in [-0.2, -0.15) is 0 Å². The zero-order valence-electron chi connectivity index (χ0n) is 12.6. The molecule has 3 rings (SSSR count). The lowest BCUT2D eigenvalue weighted by atomic mass is 10.1. The Balaban J connectivity index is 1.55. The number of halogens is 1. The number of carbonyl (C=O) groups is 1. The van der Waals surface area contributed by atoms with Crippen molar-refractivity contribution in [3.05, 3.63) is 70.4 Å². The maximum absolute atomic E-state index is 12.8. The van der Waals surface area contributed by atoms with E-state index in [2.05, 4.69) is 5.32 Å². The van der Waals surface area contributed by atoms with Crippen LogP contribution < -0.4 is 10.1 Å². The lowest BCUT2D eigenvalue weighted by Crippen LogP contribution is -2.17. The van der Waals surface area contributed by atoms with Crippen LogP contribution in [0.3, 0.4) is 0 Å². The Morgan fingerprint density at radius 3 is 2.46 bits per heavy atom. The number of ether oxygens (including phenoxy) is 1. The Hall–Kier alpha value is -2.18. The van der Waals surface area contributed by atoms with Gasteiger partial charge in [-0.05, 0) is 41.5 Å². The normalized spacial score (nSPS) is 15.6. The number of hydrogen-bond acceptors (Lipinski definition) is 4. The third-order valence-corrected chi connectivity index (χ3v) is 4.56. The molecule has 0 aliphatic carbocycles. The summed E-state index contributed by atoms with van der Waals surface area (Å²) >= 11 is 6.21. The molecule has 0 unspecified atom stereocenters. The fourth-order valence-corrected chi connectivity index (χ4v) is 3.21. The highest BCUT2D eigenvalue weighted by molar-refractivity contribution is 8.26. The van der Waals surface area contributed by atoms with Crippen molar-refractivity contribution in [1.29, 1.82) is 0 Å². The fraction of sp³-hybridized carbons (Fsp3) is 0.111. The number of thiocarbonyl (C=S) groups is 1. The molecule has 0 radical (unpaired) electrons. The van der Waals surface area contributed by atoms with Crippen molar-refractivity contribution < 1.29 is 13.9 Å². The maximum atomic E-state index is 12.8. The van der Waals surface area contributed by atoms with Crippen molar-refractivity contribution in [1.82, 2.24) is 5.32 Å². The monoisotopic (exact) mass is 359 g/mol. The van der Waals surface area contributed by atoms with Gasteiger partial charge in [-0.3, -0.25) is 4.79 Å². The molecule has 1 aliphatic heterocycles. The summed E-state index contributed by atoms with van der Waals surface area (Å²) in [7, 11) is 0. The van der Waals surface area contributed by atoms with E-state index in [1.54, 1.807) is 18.2 Å². The fourth-order valence-electron chi connectivity index (χ4n) is 2.17. The molecule has 0 spiro atoms. The van der Waals surface area contributed by atoms with Gasteiger partial charge in [0.2, 0.25) is 0 Å². The van der Waals surface area contributed by atoms with E-state index < -0.39 is 0 Å². The van der Waals surface area contributed by atoms with E-state index in [9.17, 15) is 9.18 Å². The van der Waals surface area contributed by atoms with Crippen molar-refractivity contribution in [2.45, 2.75) is 6.42 Å². The number of amides is 1. The van der Waals surface area contributed by atoms with Crippen LogP contribution in [0.15, 0.2) is 53.4 Å². The van der Waals surface area contributed by atoms with Crippen LogP contribution in [0.5, 0.6) is 5.75 Å². The molecule has 1 fully saturated rings. The lowest BCUT2D eigenvalue weighted by Gasteiger charge is -2.06. The minimum Gasteiger partial charge on any atom is -0.493 e. The van der Waals surface area contributed by atoms with Crippen LogP contribution in [0.1, 0.15) is 11.1 Å². The van der Waals surface area contributed by atoms with E-state index in [1.807, 2.05) is 24.3 Å². The van der Waals surface area contributed by atoms with E-state index in [4.69, 9.17) is 17.0 Å². The molecule has 1 amide bonds. The average molecular weight is 359 g/mol. The summed E-state index contributed by atoms with van der Waals surface area (Å²) in [6, 6.07) is 13.9. The minimum atomic E-state index is -0.237. The van der Waals surface area contributed by atoms with Gasteiger partial charge in [0.1, 0.15) is 15.9 Å². The molecule has 24 heavy (non-hydrogen) atoms. The quantitative estimate of drug-likeness (QED) is 0.648. The van der Waals surface area contributed by atoms with Crippen LogP contribution in [-0.4, -0.2) is 16.8 Å². The average Bonchev–Trinajstić information content (AvgIpc) is 2.88. The third kappa shape index (κ3) is 4.43. The maximum Gasteiger partial charge on any atom is 0.263 e. The van der Waals surface area contributed by atoms with Crippen molar-refractivity contribution >= 4 is 40.3 Å². The summed E-state index contributed by atoms with van der Waals surface area (Å²) in [6.07, 6.45) is 2.50. The van der Waals surface area contributed by atoms with Gasteiger partial charge in [-0.15, -0.1) is 0 Å². The summed E-state index contributed by atoms with van der Waals surface area (Å²) < 4.78 is 19.0. The van der Waals surface area contributed by atoms with Gasteiger partial charge in [0, 0.05) is 6.42 Å². The van der Waals surface area contributed by atoms with E-state index in [0.717, 1.165) is 16.9 Å². The molecular formula is C18H14FNO2S2. The van der Waals surface area contributed by atoms with Crippen LogP contribution in [0.25, 0.3) is 6.08 Å². The molecule has 3 nitrogen and oxygen atoms in total. The summed E-state index contributed by atoms with van der Waals surface area (Å²) in [4.78, 5) is 12.2. The SMILES string of the molecule is O=C1NC(=S)SC1=Cc1ccc(OCCc2ccc(F)cc2)cc1. The molecule has 0 aromatic heterocycles. The first-order valence-corrected chi connectivity index (χ1v) is 8.55. The van der Waals surface area contributed by atoms with E-state index in [1.165, 1.54) is 23.9 Å². The Morgan fingerprint density at radius 1 is 1.12 bits per heavy atom. The van der Waals surface area contributed by atoms with Crippen LogP contribution in [0, 0.1) is 5.82 Å². The van der Waals surface area contributed by atoms with E-state index in [-0.39, 0.29) is 11.7 Å². The van der Waals surface area contributed by atoms with Crippen LogP contribution in [0.4, 0.5) is 4.39 Å². The molecule has 0 saturated carbocycles. The molecular weight excluding hydrogens is 345 g/mol. The van der Waals surface area contributed by atoms with Gasteiger partial charge in [0.05, 0.1) is 11.5 Å². The van der Waals surface area contributed by atoms with Crippen molar-refractivity contribution in [3.8, 4) is 5.75 Å². The van der Waals surface area contributed by atoms with E-state index >= 15 is 0 Å². The van der Waals surface area contributed by atoms with Crippen molar-refractivity contribution in [2.75, 3.05) is 6.61 Å². The predicted octanol–water partition coefficient (Wildman–Crippen LogP) is 3.94. The van der Waals surface area contributed by atoms with Gasteiger partial charge in [0.25, 0.3) is 5.91 Å². The number of hydrogen-bond donors (Lipinski definition) is 1. The molecule has 2 aromatic rings. The molecule has 6 heteroatoms. The molecule has 1 aliphatic rings. The standard InChI is InChI=1S/C18H14FNO2S2/c19-14-5-1-12(2-6-14)9-10-22-15-7-3-13(4-8-15)11-16-17(21)20-18(23)24-16/h1-8,11H,9-10H2,(H,20,21,23). The van der Waals surface area contributed by atoms with Gasteiger partial charge in [-0.25, -0.2) is 4.39 Å². The van der Waals surface area contributed by atoms with Gasteiger partial charge in [-0.1, -0.05) is 48.2 Å². The zero-order valence-corrected chi connectivity index (χ0v) is 14.3. The van der Waals surface area contributed by atoms with Crippen molar-refractivity contribution in [2.24, 2.45) is 0 Å². The summed E-state index contributed by atoms with van der Waals surface area (Å²) in [5, 5.41) is 2.58. The second-order valence-electron chi connectivity index (χ2n) is 5.15. The first-order chi connectivity index (χ1) is 11.6. The highest BCUT2D eigenvalue weighted by Crippen LogP contribution is 2.26. The largest absolute Gasteiger partial charge is 0.493 e. The van der Waals surface area contributed by atoms with Crippen LogP contribution >= 0.6 is 24.0 Å². The smallest absolute Gasteiger partial charge is 0.263 e. The zero-order chi connectivity index (χ0) is 16.9. The predicted molar refractivity (Wildman–Crippen MR) is 98.3 cm³/mol. The summed E-state index contributed by atoms with van der Waals surface area (Å²) in [6.45, 7) is 0.512. The second kappa shape index (κ2) is 7.59. The highest BCUT2D eigenvalue weighted by atomic mass is 32.2. The number of nitrogens with one attached hydrogen (secondary N) is 1. The van der Waals surface area contributed by atoms with E-state index in [0.29, 0.717) is 22.3 Å². The van der Waals surface area contributed by atoms with Gasteiger partial charge < -0.3 is 10.1 Å².